The van der Waals surface area contributed by atoms with E-state index >= 15 is 0 Å². The Hall–Kier alpha value is -1.28. The van der Waals surface area contributed by atoms with Crippen molar-refractivity contribution in [3.05, 3.63) is 42.0 Å². The van der Waals surface area contributed by atoms with E-state index in [1.807, 2.05) is 19.2 Å². The normalized spacial score (nSPS) is 12.2. The van der Waals surface area contributed by atoms with Crippen molar-refractivity contribution in [2.75, 3.05) is 13.7 Å². The molecule has 0 amide bonds. The van der Waals surface area contributed by atoms with Crippen LogP contribution < -0.4 is 10.1 Å². The molecule has 2 nitrogen and oxygen atoms in total. The smallest absolute Gasteiger partial charge is 0.120 e. The maximum atomic E-state index is 5.67. The second kappa shape index (κ2) is 6.33. The molecule has 0 spiro atoms. The molecule has 1 atom stereocenters. The van der Waals surface area contributed by atoms with Crippen molar-refractivity contribution < 1.29 is 4.74 Å². The molecule has 1 aromatic carbocycles. The van der Waals surface area contributed by atoms with Gasteiger partial charge in [-0.1, -0.05) is 25.6 Å². The molecule has 0 aliphatic rings. The zero-order valence-electron chi connectivity index (χ0n) is 10.4. The van der Waals surface area contributed by atoms with Gasteiger partial charge in [-0.3, -0.25) is 0 Å². The lowest BCUT2D eigenvalue weighted by atomic mass is 10.1. The summed E-state index contributed by atoms with van der Waals surface area (Å²) in [6.45, 7) is 8.75. The maximum absolute atomic E-state index is 5.67. The Morgan fingerprint density at radius 3 is 2.88 bits per heavy atom. The summed E-state index contributed by atoms with van der Waals surface area (Å²) in [7, 11) is 1.96. The summed E-state index contributed by atoms with van der Waals surface area (Å²) in [6, 6.07) is 8.52. The lowest BCUT2D eigenvalue weighted by Gasteiger charge is -2.13. The highest BCUT2D eigenvalue weighted by molar-refractivity contribution is 5.30. The van der Waals surface area contributed by atoms with Gasteiger partial charge in [0.1, 0.15) is 12.4 Å². The first kappa shape index (κ1) is 12.8. The van der Waals surface area contributed by atoms with Crippen LogP contribution in [0.15, 0.2) is 36.4 Å². The van der Waals surface area contributed by atoms with E-state index in [-0.39, 0.29) is 0 Å². The molecule has 0 aliphatic heterocycles. The van der Waals surface area contributed by atoms with E-state index in [1.54, 1.807) is 0 Å². The Morgan fingerprint density at radius 1 is 1.50 bits per heavy atom. The van der Waals surface area contributed by atoms with Crippen molar-refractivity contribution >= 4 is 0 Å². The molecule has 1 unspecified atom stereocenters. The van der Waals surface area contributed by atoms with Crippen LogP contribution in [-0.2, 0) is 0 Å². The molecule has 88 valence electrons. The summed E-state index contributed by atoms with van der Waals surface area (Å²) in [5.41, 5.74) is 2.36. The molecule has 1 aromatic rings. The van der Waals surface area contributed by atoms with Crippen LogP contribution >= 0.6 is 0 Å². The van der Waals surface area contributed by atoms with Gasteiger partial charge in [0.05, 0.1) is 0 Å². The Bertz CT molecular complexity index is 346. The number of benzene rings is 1. The van der Waals surface area contributed by atoms with Gasteiger partial charge in [-0.25, -0.2) is 0 Å². The molecule has 0 bridgehead atoms. The molecule has 0 fully saturated rings. The van der Waals surface area contributed by atoms with Crippen molar-refractivity contribution in [3.63, 3.8) is 0 Å². The Kier molecular flexibility index (Phi) is 5.06. The van der Waals surface area contributed by atoms with E-state index < -0.39 is 0 Å². The summed E-state index contributed by atoms with van der Waals surface area (Å²) >= 11 is 0. The molecule has 1 N–H and O–H groups in total. The van der Waals surface area contributed by atoms with Crippen LogP contribution in [0.5, 0.6) is 5.75 Å². The number of nitrogens with one attached hydrogen (secondary N) is 1. The summed E-state index contributed by atoms with van der Waals surface area (Å²) in [5.74, 6) is 0.911. The molecule has 0 radical (unpaired) electrons. The fraction of sp³-hybridized carbons (Fsp3) is 0.429. The average molecular weight is 219 g/mol. The van der Waals surface area contributed by atoms with Gasteiger partial charge < -0.3 is 10.1 Å². The number of rotatable bonds is 6. The van der Waals surface area contributed by atoms with Gasteiger partial charge in [0.15, 0.2) is 0 Å². The van der Waals surface area contributed by atoms with E-state index in [1.165, 1.54) is 5.56 Å². The molecule has 0 heterocycles. The first-order valence-corrected chi connectivity index (χ1v) is 5.74. The van der Waals surface area contributed by atoms with E-state index in [4.69, 9.17) is 4.74 Å². The topological polar surface area (TPSA) is 21.3 Å². The minimum absolute atomic E-state index is 0.345. The minimum Gasteiger partial charge on any atom is -0.489 e. The molecule has 0 saturated carbocycles. The third-order valence-corrected chi connectivity index (χ3v) is 2.73. The maximum Gasteiger partial charge on any atom is 0.120 e. The van der Waals surface area contributed by atoms with Crippen molar-refractivity contribution in [3.8, 4) is 5.75 Å². The molecule has 16 heavy (non-hydrogen) atoms. The van der Waals surface area contributed by atoms with Gasteiger partial charge in [-0.05, 0) is 43.7 Å². The van der Waals surface area contributed by atoms with Crippen LogP contribution in [0.4, 0.5) is 0 Å². The summed E-state index contributed by atoms with van der Waals surface area (Å²) < 4.78 is 5.67. The quantitative estimate of drug-likeness (QED) is 0.741. The second-order valence-electron chi connectivity index (χ2n) is 3.98. The van der Waals surface area contributed by atoms with Crippen molar-refractivity contribution in [2.24, 2.45) is 0 Å². The molecule has 2 heteroatoms. The number of hydrogen-bond acceptors (Lipinski definition) is 2. The molecule has 0 saturated heterocycles. The fourth-order valence-electron chi connectivity index (χ4n) is 1.33. The van der Waals surface area contributed by atoms with Crippen LogP contribution in [0.2, 0.25) is 0 Å². The summed E-state index contributed by atoms with van der Waals surface area (Å²) in [6.07, 6.45) is 0.965. The Morgan fingerprint density at radius 2 is 2.25 bits per heavy atom. The summed E-state index contributed by atoms with van der Waals surface area (Å²) in [5, 5.41) is 3.21. The highest BCUT2D eigenvalue weighted by atomic mass is 16.5. The van der Waals surface area contributed by atoms with Gasteiger partial charge in [0.25, 0.3) is 0 Å². The van der Waals surface area contributed by atoms with Gasteiger partial charge >= 0.3 is 0 Å². The molecule has 0 aliphatic carbocycles. The zero-order chi connectivity index (χ0) is 12.0. The van der Waals surface area contributed by atoms with E-state index in [0.29, 0.717) is 12.6 Å². The highest BCUT2D eigenvalue weighted by Gasteiger charge is 2.03. The third kappa shape index (κ3) is 3.70. The van der Waals surface area contributed by atoms with Gasteiger partial charge in [-0.2, -0.15) is 0 Å². The fourth-order valence-corrected chi connectivity index (χ4v) is 1.33. The monoisotopic (exact) mass is 219 g/mol. The standard InChI is InChI=1S/C14H21NO/c1-5-11(2)10-16-14-8-6-7-13(9-14)12(3)15-4/h6-9,12,15H,2,5,10H2,1,3-4H3. The predicted molar refractivity (Wildman–Crippen MR) is 68.8 cm³/mol. The van der Waals surface area contributed by atoms with Gasteiger partial charge in [0.2, 0.25) is 0 Å². The van der Waals surface area contributed by atoms with Crippen molar-refractivity contribution in [2.45, 2.75) is 26.3 Å². The molecular weight excluding hydrogens is 198 g/mol. The average Bonchev–Trinajstić information content (AvgIpc) is 2.35. The van der Waals surface area contributed by atoms with Crippen LogP contribution in [0.3, 0.4) is 0 Å². The first-order valence-electron chi connectivity index (χ1n) is 5.74. The van der Waals surface area contributed by atoms with Crippen LogP contribution in [0.1, 0.15) is 31.9 Å². The number of ether oxygens (including phenoxy) is 1. The minimum atomic E-state index is 0.345. The van der Waals surface area contributed by atoms with Gasteiger partial charge in [-0.15, -0.1) is 0 Å². The van der Waals surface area contributed by atoms with Crippen LogP contribution in [0.25, 0.3) is 0 Å². The lowest BCUT2D eigenvalue weighted by Crippen LogP contribution is -2.12. The lowest BCUT2D eigenvalue weighted by molar-refractivity contribution is 0.348. The van der Waals surface area contributed by atoms with Crippen molar-refractivity contribution in [1.82, 2.24) is 5.32 Å². The molecular formula is C14H21NO. The van der Waals surface area contributed by atoms with Crippen LogP contribution in [-0.4, -0.2) is 13.7 Å². The van der Waals surface area contributed by atoms with E-state index in [0.717, 1.165) is 17.7 Å². The van der Waals surface area contributed by atoms with Gasteiger partial charge in [0, 0.05) is 6.04 Å². The zero-order valence-corrected chi connectivity index (χ0v) is 10.4. The Labute approximate surface area is 98.3 Å². The second-order valence-corrected chi connectivity index (χ2v) is 3.98. The highest BCUT2D eigenvalue weighted by Crippen LogP contribution is 2.19. The number of hydrogen-bond donors (Lipinski definition) is 1. The molecule has 0 aromatic heterocycles. The summed E-state index contributed by atoms with van der Waals surface area (Å²) in [4.78, 5) is 0. The first-order chi connectivity index (χ1) is 7.67. The SMILES string of the molecule is C=C(CC)COc1cccc(C(C)NC)c1. The Balaban J connectivity index is 2.64. The largest absolute Gasteiger partial charge is 0.489 e. The molecule has 1 rings (SSSR count). The van der Waals surface area contributed by atoms with E-state index in [9.17, 15) is 0 Å². The van der Waals surface area contributed by atoms with Crippen LogP contribution in [0, 0.1) is 0 Å². The van der Waals surface area contributed by atoms with Crippen molar-refractivity contribution in [1.29, 1.82) is 0 Å². The third-order valence-electron chi connectivity index (χ3n) is 2.73. The van der Waals surface area contributed by atoms with E-state index in [2.05, 4.69) is 37.9 Å². The predicted octanol–water partition coefficient (Wildman–Crippen LogP) is 3.31.